The standard InChI is InChI=1S/C77H48N6/c78-48-65-74(51-24-10-3-11-25-51)61(54-37-40-69-64(43-54)75-63-42-52(49-20-6-1-7-21-49)36-39-66(63)79-77(75)81(69)58-28-14-5-15-29-58)47-62(76(65)83-67-32-18-16-30-59(67)60-31-17-19-33-68(60)83)55-38-41-70-72(45-55)82-71-44-53(50-22-8-2-9-23-50)34-35-56(71)46-73(82)80(70)57-26-12-4-13-27-57/h1-47,75H. The van der Waals surface area contributed by atoms with Crippen molar-refractivity contribution in [3.8, 4) is 73.1 Å². The molecular weight excluding hydrogens is 1010 g/mol. The molecule has 17 rings (SSSR count). The second-order valence-corrected chi connectivity index (χ2v) is 21.8. The van der Waals surface area contributed by atoms with Crippen molar-refractivity contribution in [2.24, 2.45) is 4.99 Å². The summed E-state index contributed by atoms with van der Waals surface area (Å²) in [4.78, 5) is 7.80. The minimum atomic E-state index is -0.131. The minimum absolute atomic E-state index is 0.131. The predicted octanol–water partition coefficient (Wildman–Crippen LogP) is 19.7. The molecule has 0 radical (unpaired) electrons. The van der Waals surface area contributed by atoms with Gasteiger partial charge >= 0.3 is 0 Å². The summed E-state index contributed by atoms with van der Waals surface area (Å²) in [6.45, 7) is 0. The van der Waals surface area contributed by atoms with Crippen LogP contribution in [-0.4, -0.2) is 19.4 Å². The number of fused-ring (bicyclic) bond motifs is 13. The number of imidazole rings is 1. The van der Waals surface area contributed by atoms with Gasteiger partial charge in [-0.2, -0.15) is 5.26 Å². The summed E-state index contributed by atoms with van der Waals surface area (Å²) in [5, 5.41) is 15.7. The molecule has 0 aliphatic carbocycles. The number of hydrogen-bond donors (Lipinski definition) is 0. The number of para-hydroxylation sites is 4. The van der Waals surface area contributed by atoms with Crippen LogP contribution in [0.3, 0.4) is 0 Å². The molecule has 0 N–H and O–H groups in total. The number of aromatic nitrogens is 3. The predicted molar refractivity (Wildman–Crippen MR) is 342 cm³/mol. The Bertz CT molecular complexity index is 5150. The van der Waals surface area contributed by atoms with Crippen LogP contribution in [0.5, 0.6) is 0 Å². The molecule has 0 amide bonds. The van der Waals surface area contributed by atoms with Crippen molar-refractivity contribution in [2.45, 2.75) is 5.92 Å². The SMILES string of the molecule is N#Cc1c(-c2ccccc2)c(-c2ccc3c(c2)C2C(=Nc4ccc(-c5ccccc5)cc42)N3c2ccccc2)cc(-c2ccc3c(c2)n2c4cc(-c5ccccc5)ccc4cc2n3-c2ccccc2)c1-n1c2ccccc2c2ccccc21. The third kappa shape index (κ3) is 7.12. The van der Waals surface area contributed by atoms with E-state index in [1.165, 1.54) is 22.3 Å². The maximum atomic E-state index is 12.3. The third-order valence-corrected chi connectivity index (χ3v) is 17.3. The van der Waals surface area contributed by atoms with Crippen LogP contribution in [0.4, 0.5) is 17.1 Å². The maximum absolute atomic E-state index is 12.3. The Balaban J connectivity index is 0.971. The maximum Gasteiger partial charge on any atom is 0.126 e. The number of benzene rings is 12. The number of nitrogens with zero attached hydrogens (tertiary/aromatic N) is 6. The zero-order valence-corrected chi connectivity index (χ0v) is 44.9. The average molecular weight is 1060 g/mol. The van der Waals surface area contributed by atoms with Gasteiger partial charge in [0.25, 0.3) is 0 Å². The van der Waals surface area contributed by atoms with E-state index in [2.05, 4.69) is 310 Å². The van der Waals surface area contributed by atoms with E-state index in [4.69, 9.17) is 4.99 Å². The highest BCUT2D eigenvalue weighted by Gasteiger charge is 2.42. The molecule has 2 aliphatic heterocycles. The topological polar surface area (TPSA) is 53.7 Å². The summed E-state index contributed by atoms with van der Waals surface area (Å²) >= 11 is 0. The molecule has 6 heteroatoms. The normalized spacial score (nSPS) is 13.5. The van der Waals surface area contributed by atoms with Crippen LogP contribution < -0.4 is 4.90 Å². The molecule has 0 bridgehead atoms. The van der Waals surface area contributed by atoms with Crippen molar-refractivity contribution < 1.29 is 0 Å². The molecule has 386 valence electrons. The third-order valence-electron chi connectivity index (χ3n) is 17.3. The summed E-state index contributed by atoms with van der Waals surface area (Å²) in [6.07, 6.45) is 0. The fourth-order valence-corrected chi connectivity index (χ4v) is 13.6. The fraction of sp³-hybridized carbons (Fsp3) is 0.0130. The lowest BCUT2D eigenvalue weighted by molar-refractivity contribution is 1.15. The van der Waals surface area contributed by atoms with Crippen molar-refractivity contribution >= 4 is 72.3 Å². The number of hydrogen-bond acceptors (Lipinski definition) is 3. The second-order valence-electron chi connectivity index (χ2n) is 21.8. The summed E-state index contributed by atoms with van der Waals surface area (Å²) in [5.74, 6) is 0.857. The Morgan fingerprint density at radius 3 is 1.59 bits per heavy atom. The molecule has 5 heterocycles. The lowest BCUT2D eigenvalue weighted by Crippen LogP contribution is -2.22. The molecular formula is C77H48N6. The van der Waals surface area contributed by atoms with Crippen LogP contribution in [-0.2, 0) is 0 Å². The van der Waals surface area contributed by atoms with Crippen molar-refractivity contribution in [3.63, 3.8) is 0 Å². The van der Waals surface area contributed by atoms with Gasteiger partial charge in [0.1, 0.15) is 17.6 Å². The molecule has 12 aromatic carbocycles. The molecule has 83 heavy (non-hydrogen) atoms. The summed E-state index contributed by atoms with van der Waals surface area (Å²) < 4.78 is 7.16. The van der Waals surface area contributed by atoms with Gasteiger partial charge in [-0.3, -0.25) is 13.9 Å². The Hall–Kier alpha value is -11.3. The van der Waals surface area contributed by atoms with E-state index in [0.29, 0.717) is 5.56 Å². The van der Waals surface area contributed by atoms with Gasteiger partial charge in [0, 0.05) is 38.7 Å². The van der Waals surface area contributed by atoms with Crippen LogP contribution in [0, 0.1) is 11.3 Å². The lowest BCUT2D eigenvalue weighted by Gasteiger charge is -2.23. The average Bonchev–Trinajstić information content (AvgIpc) is 3.35. The van der Waals surface area contributed by atoms with Gasteiger partial charge in [0.05, 0.1) is 56.1 Å². The Kier molecular flexibility index (Phi) is 10.3. The van der Waals surface area contributed by atoms with Crippen LogP contribution in [0.2, 0.25) is 0 Å². The number of anilines is 2. The monoisotopic (exact) mass is 1060 g/mol. The van der Waals surface area contributed by atoms with Crippen LogP contribution in [0.25, 0.3) is 116 Å². The lowest BCUT2D eigenvalue weighted by atomic mass is 9.84. The number of amidine groups is 1. The molecule has 1 unspecified atom stereocenters. The first-order valence-corrected chi connectivity index (χ1v) is 28.3. The molecule has 0 spiro atoms. The highest BCUT2D eigenvalue weighted by atomic mass is 15.2. The summed E-state index contributed by atoms with van der Waals surface area (Å²) in [6, 6.07) is 105. The van der Waals surface area contributed by atoms with E-state index in [-0.39, 0.29) is 5.92 Å². The van der Waals surface area contributed by atoms with Crippen molar-refractivity contribution in [1.82, 2.24) is 13.5 Å². The highest BCUT2D eigenvalue weighted by molar-refractivity contribution is 6.19. The second kappa shape index (κ2) is 18.4. The van der Waals surface area contributed by atoms with Gasteiger partial charge in [-0.1, -0.05) is 194 Å². The van der Waals surface area contributed by atoms with Crippen LogP contribution in [0.1, 0.15) is 22.6 Å². The molecule has 3 aromatic heterocycles. The fourth-order valence-electron chi connectivity index (χ4n) is 13.6. The van der Waals surface area contributed by atoms with E-state index in [9.17, 15) is 5.26 Å². The van der Waals surface area contributed by atoms with Gasteiger partial charge in [-0.05, 0) is 147 Å². The number of nitriles is 1. The largest absolute Gasteiger partial charge is 0.307 e. The van der Waals surface area contributed by atoms with E-state index in [1.807, 2.05) is 0 Å². The molecule has 1 atom stereocenters. The number of aliphatic imine (C=N–C) groups is 1. The number of rotatable bonds is 8. The molecule has 6 nitrogen and oxygen atoms in total. The first kappa shape index (κ1) is 46.6. The van der Waals surface area contributed by atoms with Gasteiger partial charge in [0.15, 0.2) is 0 Å². The van der Waals surface area contributed by atoms with Gasteiger partial charge in [-0.15, -0.1) is 0 Å². The summed E-state index contributed by atoms with van der Waals surface area (Å²) in [5.41, 5.74) is 24.8. The molecule has 0 fully saturated rings. The van der Waals surface area contributed by atoms with Crippen molar-refractivity contribution in [3.05, 3.63) is 302 Å². The molecule has 15 aromatic rings. The van der Waals surface area contributed by atoms with Gasteiger partial charge in [-0.25, -0.2) is 4.99 Å². The minimum Gasteiger partial charge on any atom is -0.307 e. The van der Waals surface area contributed by atoms with Gasteiger partial charge in [0.2, 0.25) is 0 Å². The van der Waals surface area contributed by atoms with E-state index in [0.717, 1.165) is 128 Å². The zero-order valence-electron chi connectivity index (χ0n) is 44.9. The van der Waals surface area contributed by atoms with Crippen molar-refractivity contribution in [2.75, 3.05) is 4.90 Å². The summed E-state index contributed by atoms with van der Waals surface area (Å²) in [7, 11) is 0. The smallest absolute Gasteiger partial charge is 0.126 e. The van der Waals surface area contributed by atoms with E-state index in [1.54, 1.807) is 0 Å². The first-order valence-electron chi connectivity index (χ1n) is 28.3. The molecule has 2 aliphatic rings. The van der Waals surface area contributed by atoms with E-state index >= 15 is 0 Å². The van der Waals surface area contributed by atoms with Gasteiger partial charge < -0.3 is 4.57 Å². The first-order chi connectivity index (χ1) is 41.1. The van der Waals surface area contributed by atoms with E-state index < -0.39 is 0 Å². The Morgan fingerprint density at radius 2 is 0.916 bits per heavy atom. The van der Waals surface area contributed by atoms with Crippen LogP contribution >= 0.6 is 0 Å². The molecule has 0 saturated heterocycles. The quantitative estimate of drug-likeness (QED) is 0.152. The van der Waals surface area contributed by atoms with Crippen LogP contribution in [0.15, 0.2) is 290 Å². The zero-order chi connectivity index (χ0) is 54.7. The van der Waals surface area contributed by atoms with Crippen molar-refractivity contribution in [1.29, 1.82) is 5.26 Å². The molecule has 0 saturated carbocycles. The highest BCUT2D eigenvalue weighted by Crippen LogP contribution is 2.55. The Morgan fingerprint density at radius 1 is 0.373 bits per heavy atom. The Labute approximate surface area is 479 Å².